The fourth-order valence-corrected chi connectivity index (χ4v) is 3.08. The first-order chi connectivity index (χ1) is 9.24. The van der Waals surface area contributed by atoms with Gasteiger partial charge in [-0.25, -0.2) is 0 Å². The SMILES string of the molecule is CCC(Br)[C@H]1C/C=C\C[C@@H]2O[C@H](C=C=CBr)C[C@@H]2O1. The summed E-state index contributed by atoms with van der Waals surface area (Å²) in [5, 5.41) is 0. The quantitative estimate of drug-likeness (QED) is 0.401. The second-order valence-electron chi connectivity index (χ2n) is 4.97. The Morgan fingerprint density at radius 1 is 1.32 bits per heavy atom. The molecule has 0 bridgehead atoms. The van der Waals surface area contributed by atoms with Crippen molar-refractivity contribution in [3.8, 4) is 0 Å². The number of halogens is 2. The van der Waals surface area contributed by atoms with Gasteiger partial charge in [0.05, 0.1) is 24.4 Å². The molecule has 106 valence electrons. The van der Waals surface area contributed by atoms with Crippen molar-refractivity contribution in [3.05, 3.63) is 28.9 Å². The van der Waals surface area contributed by atoms with Crippen molar-refractivity contribution < 1.29 is 9.47 Å². The summed E-state index contributed by atoms with van der Waals surface area (Å²) in [6.07, 6.45) is 11.1. The van der Waals surface area contributed by atoms with E-state index in [4.69, 9.17) is 9.47 Å². The van der Waals surface area contributed by atoms with E-state index in [9.17, 15) is 0 Å². The minimum absolute atomic E-state index is 0.117. The number of alkyl halides is 1. The molecule has 0 amide bonds. The average molecular weight is 392 g/mol. The Bertz CT molecular complexity index is 374. The summed E-state index contributed by atoms with van der Waals surface area (Å²) in [6, 6.07) is 0. The summed E-state index contributed by atoms with van der Waals surface area (Å²) in [7, 11) is 0. The maximum absolute atomic E-state index is 6.29. The highest BCUT2D eigenvalue weighted by atomic mass is 79.9. The molecule has 2 aliphatic rings. The lowest BCUT2D eigenvalue weighted by molar-refractivity contribution is -0.0540. The van der Waals surface area contributed by atoms with Gasteiger partial charge in [0.1, 0.15) is 0 Å². The molecule has 2 rings (SSSR count). The Morgan fingerprint density at radius 3 is 2.84 bits per heavy atom. The van der Waals surface area contributed by atoms with Crippen molar-refractivity contribution in [2.45, 2.75) is 61.9 Å². The lowest BCUT2D eigenvalue weighted by Crippen LogP contribution is -2.34. The Morgan fingerprint density at radius 2 is 2.11 bits per heavy atom. The van der Waals surface area contributed by atoms with Gasteiger partial charge in [-0.1, -0.05) is 50.9 Å². The number of hydrogen-bond donors (Lipinski definition) is 0. The highest BCUT2D eigenvalue weighted by Gasteiger charge is 2.37. The Kier molecular flexibility index (Phi) is 6.37. The van der Waals surface area contributed by atoms with Crippen LogP contribution < -0.4 is 0 Å². The van der Waals surface area contributed by atoms with E-state index in [2.05, 4.69) is 56.7 Å². The monoisotopic (exact) mass is 390 g/mol. The molecule has 0 aromatic heterocycles. The van der Waals surface area contributed by atoms with Gasteiger partial charge in [0.25, 0.3) is 0 Å². The van der Waals surface area contributed by atoms with Crippen LogP contribution in [0.4, 0.5) is 0 Å². The molecule has 1 saturated heterocycles. The Labute approximate surface area is 132 Å². The van der Waals surface area contributed by atoms with Gasteiger partial charge in [0.2, 0.25) is 0 Å². The molecule has 0 N–H and O–H groups in total. The summed E-state index contributed by atoms with van der Waals surface area (Å²) in [4.78, 5) is 2.14. The summed E-state index contributed by atoms with van der Waals surface area (Å²) < 4.78 is 12.3. The molecular formula is C15H20Br2O2. The molecule has 0 aromatic rings. The molecule has 0 aliphatic carbocycles. The van der Waals surface area contributed by atoms with Gasteiger partial charge in [-0.3, -0.25) is 0 Å². The molecule has 2 nitrogen and oxygen atoms in total. The normalized spacial score (nSPS) is 37.4. The third kappa shape index (κ3) is 4.30. The van der Waals surface area contributed by atoms with Gasteiger partial charge >= 0.3 is 0 Å². The molecular weight excluding hydrogens is 372 g/mol. The van der Waals surface area contributed by atoms with Gasteiger partial charge in [-0.2, -0.15) is 0 Å². The number of hydrogen-bond acceptors (Lipinski definition) is 2. The Hall–Kier alpha value is 0.140. The van der Waals surface area contributed by atoms with Gasteiger partial charge in [-0.15, -0.1) is 5.73 Å². The van der Waals surface area contributed by atoms with Gasteiger partial charge < -0.3 is 9.47 Å². The maximum Gasteiger partial charge on any atom is 0.0880 e. The van der Waals surface area contributed by atoms with Crippen LogP contribution in [0.3, 0.4) is 0 Å². The van der Waals surface area contributed by atoms with Crippen LogP contribution >= 0.6 is 31.9 Å². The molecule has 2 aliphatic heterocycles. The second-order valence-corrected chi connectivity index (χ2v) is 6.61. The van der Waals surface area contributed by atoms with Crippen molar-refractivity contribution in [1.29, 1.82) is 0 Å². The standard InChI is InChI=1S/C15H20Br2O2/c1-2-12(17)13-7-3-4-8-14-15(19-13)10-11(18-14)6-5-9-16/h3-4,6,9,11-15H,2,7-8,10H2,1H3/b4-3-/t5?,11-,12?,13-,14+,15+/m1/s1. The predicted molar refractivity (Wildman–Crippen MR) is 84.9 cm³/mol. The van der Waals surface area contributed by atoms with Crippen LogP contribution in [0.2, 0.25) is 0 Å². The van der Waals surface area contributed by atoms with Crippen LogP contribution in [0.1, 0.15) is 32.6 Å². The summed E-state index contributed by atoms with van der Waals surface area (Å²) in [5.41, 5.74) is 3.04. The van der Waals surface area contributed by atoms with Crippen LogP contribution in [0, 0.1) is 0 Å². The highest BCUT2D eigenvalue weighted by Crippen LogP contribution is 2.31. The van der Waals surface area contributed by atoms with Crippen LogP contribution in [-0.4, -0.2) is 29.2 Å². The molecule has 0 aromatic carbocycles. The minimum atomic E-state index is 0.117. The zero-order chi connectivity index (χ0) is 13.7. The third-order valence-corrected chi connectivity index (χ3v) is 5.12. The zero-order valence-corrected chi connectivity index (χ0v) is 14.3. The molecule has 2 heterocycles. The molecule has 0 spiro atoms. The van der Waals surface area contributed by atoms with E-state index in [0.717, 1.165) is 25.7 Å². The van der Waals surface area contributed by atoms with E-state index in [1.807, 2.05) is 6.08 Å². The number of rotatable bonds is 3. The maximum atomic E-state index is 6.29. The van der Waals surface area contributed by atoms with Gasteiger partial charge in [0, 0.05) is 16.2 Å². The first-order valence-electron chi connectivity index (χ1n) is 6.85. The average Bonchev–Trinajstić information content (AvgIpc) is 2.77. The Balaban J connectivity index is 2.04. The molecule has 0 radical (unpaired) electrons. The fourth-order valence-electron chi connectivity index (χ4n) is 2.59. The number of fused-ring (bicyclic) bond motifs is 1. The van der Waals surface area contributed by atoms with E-state index in [-0.39, 0.29) is 24.4 Å². The van der Waals surface area contributed by atoms with Crippen LogP contribution in [-0.2, 0) is 9.47 Å². The van der Waals surface area contributed by atoms with Crippen molar-refractivity contribution in [2.75, 3.05) is 0 Å². The fraction of sp³-hybridized carbons (Fsp3) is 0.667. The lowest BCUT2D eigenvalue weighted by Gasteiger charge is -2.28. The largest absolute Gasteiger partial charge is 0.371 e. The molecule has 1 unspecified atom stereocenters. The molecule has 1 fully saturated rings. The summed E-state index contributed by atoms with van der Waals surface area (Å²) in [5.74, 6) is 0. The van der Waals surface area contributed by atoms with E-state index < -0.39 is 0 Å². The minimum Gasteiger partial charge on any atom is -0.371 e. The molecule has 0 saturated carbocycles. The van der Waals surface area contributed by atoms with E-state index >= 15 is 0 Å². The predicted octanol–water partition coefficient (Wildman–Crippen LogP) is 4.48. The second kappa shape index (κ2) is 7.80. The van der Waals surface area contributed by atoms with Gasteiger partial charge in [0.15, 0.2) is 0 Å². The van der Waals surface area contributed by atoms with Crippen LogP contribution in [0.15, 0.2) is 28.9 Å². The highest BCUT2D eigenvalue weighted by molar-refractivity contribution is 9.11. The lowest BCUT2D eigenvalue weighted by atomic mass is 10.0. The van der Waals surface area contributed by atoms with Crippen molar-refractivity contribution in [3.63, 3.8) is 0 Å². The molecule has 19 heavy (non-hydrogen) atoms. The van der Waals surface area contributed by atoms with Crippen molar-refractivity contribution in [2.24, 2.45) is 0 Å². The van der Waals surface area contributed by atoms with Crippen LogP contribution in [0.5, 0.6) is 0 Å². The van der Waals surface area contributed by atoms with Crippen LogP contribution in [0.25, 0.3) is 0 Å². The summed E-state index contributed by atoms with van der Waals surface area (Å²) >= 11 is 6.95. The molecule has 4 heteroatoms. The molecule has 5 atom stereocenters. The van der Waals surface area contributed by atoms with E-state index in [1.165, 1.54) is 0 Å². The van der Waals surface area contributed by atoms with Gasteiger partial charge in [-0.05, 0) is 25.3 Å². The first-order valence-corrected chi connectivity index (χ1v) is 8.69. The third-order valence-electron chi connectivity index (χ3n) is 3.62. The smallest absolute Gasteiger partial charge is 0.0880 e. The van der Waals surface area contributed by atoms with Crippen molar-refractivity contribution in [1.82, 2.24) is 0 Å². The van der Waals surface area contributed by atoms with Crippen molar-refractivity contribution >= 4 is 31.9 Å². The van der Waals surface area contributed by atoms with E-state index in [0.29, 0.717) is 4.83 Å². The summed E-state index contributed by atoms with van der Waals surface area (Å²) in [6.45, 7) is 2.18. The topological polar surface area (TPSA) is 18.5 Å². The first kappa shape index (κ1) is 15.5. The zero-order valence-electron chi connectivity index (χ0n) is 11.1. The number of ether oxygens (including phenoxy) is 2. The van der Waals surface area contributed by atoms with E-state index in [1.54, 1.807) is 4.99 Å².